The van der Waals surface area contributed by atoms with Crippen LogP contribution in [0.5, 0.6) is 0 Å². The number of hydrogen-bond acceptors (Lipinski definition) is 3. The summed E-state index contributed by atoms with van der Waals surface area (Å²) < 4.78 is 1.77. The van der Waals surface area contributed by atoms with Gasteiger partial charge in [-0.1, -0.05) is 26.0 Å². The highest BCUT2D eigenvalue weighted by atomic mass is 16.2. The molecule has 0 radical (unpaired) electrons. The van der Waals surface area contributed by atoms with E-state index in [2.05, 4.69) is 30.3 Å². The second-order valence-electron chi connectivity index (χ2n) is 5.08. The fourth-order valence-electron chi connectivity index (χ4n) is 2.29. The number of aryl methyl sites for hydroxylation is 3. The van der Waals surface area contributed by atoms with Crippen LogP contribution in [-0.2, 0) is 24.2 Å². The van der Waals surface area contributed by atoms with Gasteiger partial charge in [0.1, 0.15) is 6.54 Å². The van der Waals surface area contributed by atoms with E-state index in [0.29, 0.717) is 11.4 Å². The minimum atomic E-state index is -0.114. The van der Waals surface area contributed by atoms with E-state index in [9.17, 15) is 4.79 Å². The molecule has 0 aliphatic rings. The summed E-state index contributed by atoms with van der Waals surface area (Å²) in [7, 11) is 0. The number of carbonyl (C=O) groups is 1. The van der Waals surface area contributed by atoms with Crippen LogP contribution >= 0.6 is 0 Å². The molecule has 112 valence electrons. The summed E-state index contributed by atoms with van der Waals surface area (Å²) in [6.45, 7) is 6.24. The van der Waals surface area contributed by atoms with Crippen molar-refractivity contribution in [1.29, 1.82) is 0 Å². The quantitative estimate of drug-likeness (QED) is 0.830. The molecule has 0 aliphatic heterocycles. The zero-order valence-electron chi connectivity index (χ0n) is 12.8. The molecule has 1 aromatic carbocycles. The number of nitrogens with zero attached hydrogens (tertiary/aromatic N) is 2. The van der Waals surface area contributed by atoms with Crippen LogP contribution in [0.3, 0.4) is 0 Å². The summed E-state index contributed by atoms with van der Waals surface area (Å²) >= 11 is 0. The first-order valence-electron chi connectivity index (χ1n) is 7.25. The number of amides is 1. The zero-order valence-corrected chi connectivity index (χ0v) is 12.8. The topological polar surface area (TPSA) is 72.9 Å². The minimum absolute atomic E-state index is 0.114. The summed E-state index contributed by atoms with van der Waals surface area (Å²) in [5.74, 6) is -0.114. The average molecular weight is 286 g/mol. The normalized spacial score (nSPS) is 10.6. The molecule has 2 aromatic rings. The molecule has 5 nitrogen and oxygen atoms in total. The maximum Gasteiger partial charge on any atom is 0.246 e. The largest absolute Gasteiger partial charge is 0.397 e. The first-order valence-corrected chi connectivity index (χ1v) is 7.25. The molecule has 0 aliphatic carbocycles. The maximum absolute atomic E-state index is 12.2. The highest BCUT2D eigenvalue weighted by Gasteiger charge is 2.12. The lowest BCUT2D eigenvalue weighted by Gasteiger charge is -2.12. The Bertz CT molecular complexity index is 625. The Morgan fingerprint density at radius 3 is 2.71 bits per heavy atom. The highest BCUT2D eigenvalue weighted by Crippen LogP contribution is 2.22. The van der Waals surface area contributed by atoms with E-state index < -0.39 is 0 Å². The van der Waals surface area contributed by atoms with Crippen molar-refractivity contribution in [1.82, 2.24) is 9.78 Å². The molecule has 21 heavy (non-hydrogen) atoms. The Hall–Kier alpha value is -2.30. The van der Waals surface area contributed by atoms with Crippen molar-refractivity contribution in [3.05, 3.63) is 41.2 Å². The lowest BCUT2D eigenvalue weighted by atomic mass is 10.1. The number of benzene rings is 1. The summed E-state index contributed by atoms with van der Waals surface area (Å²) in [5.41, 5.74) is 10.2. The van der Waals surface area contributed by atoms with Gasteiger partial charge in [-0.05, 0) is 37.5 Å². The molecule has 1 amide bonds. The number of anilines is 2. The molecule has 1 heterocycles. The fourth-order valence-corrected chi connectivity index (χ4v) is 2.29. The Morgan fingerprint density at radius 1 is 1.33 bits per heavy atom. The third kappa shape index (κ3) is 3.42. The van der Waals surface area contributed by atoms with Crippen LogP contribution in [0.25, 0.3) is 0 Å². The van der Waals surface area contributed by atoms with Crippen molar-refractivity contribution >= 4 is 17.3 Å². The van der Waals surface area contributed by atoms with Gasteiger partial charge in [-0.15, -0.1) is 0 Å². The number of nitrogen functional groups attached to an aromatic ring is 1. The lowest BCUT2D eigenvalue weighted by Crippen LogP contribution is -2.22. The molecule has 0 unspecified atom stereocenters. The minimum Gasteiger partial charge on any atom is -0.397 e. The van der Waals surface area contributed by atoms with Crippen LogP contribution in [0, 0.1) is 6.92 Å². The second kappa shape index (κ2) is 6.43. The molecule has 2 rings (SSSR count). The van der Waals surface area contributed by atoms with Crippen molar-refractivity contribution in [2.75, 3.05) is 11.1 Å². The number of nitrogens with one attached hydrogen (secondary N) is 1. The molecule has 0 bridgehead atoms. The molecular weight excluding hydrogens is 264 g/mol. The van der Waals surface area contributed by atoms with E-state index in [0.717, 1.165) is 29.8 Å². The molecule has 0 saturated heterocycles. The SMILES string of the molecule is CCc1cc(CC)n(CC(=O)Nc2c(C)cccc2N)n1. The van der Waals surface area contributed by atoms with E-state index in [1.807, 2.05) is 19.1 Å². The molecule has 0 spiro atoms. The first-order chi connectivity index (χ1) is 10.0. The number of rotatable bonds is 5. The fraction of sp³-hybridized carbons (Fsp3) is 0.375. The molecule has 0 fully saturated rings. The number of para-hydroxylation sites is 1. The third-order valence-electron chi connectivity index (χ3n) is 3.50. The van der Waals surface area contributed by atoms with E-state index >= 15 is 0 Å². The standard InChI is InChI=1S/C16H22N4O/c1-4-12-9-13(5-2)20(19-12)10-15(21)18-16-11(3)7-6-8-14(16)17/h6-9H,4-5,10,17H2,1-3H3,(H,18,21). The Labute approximate surface area is 125 Å². The molecule has 0 atom stereocenters. The van der Waals surface area contributed by atoms with Crippen molar-refractivity contribution in [2.45, 2.75) is 40.2 Å². The van der Waals surface area contributed by atoms with E-state index in [4.69, 9.17) is 5.73 Å². The number of carbonyl (C=O) groups excluding carboxylic acids is 1. The summed E-state index contributed by atoms with van der Waals surface area (Å²) in [6.07, 6.45) is 1.72. The molecule has 3 N–H and O–H groups in total. The van der Waals surface area contributed by atoms with Crippen LogP contribution in [0.1, 0.15) is 30.8 Å². The van der Waals surface area contributed by atoms with Crippen molar-refractivity contribution < 1.29 is 4.79 Å². The van der Waals surface area contributed by atoms with Crippen LogP contribution in [-0.4, -0.2) is 15.7 Å². The molecular formula is C16H22N4O. The Morgan fingerprint density at radius 2 is 2.10 bits per heavy atom. The monoisotopic (exact) mass is 286 g/mol. The van der Waals surface area contributed by atoms with E-state index in [1.54, 1.807) is 10.7 Å². The van der Waals surface area contributed by atoms with Gasteiger partial charge in [0.25, 0.3) is 0 Å². The predicted octanol–water partition coefficient (Wildman–Crippen LogP) is 2.54. The summed E-state index contributed by atoms with van der Waals surface area (Å²) in [5, 5.41) is 7.33. The van der Waals surface area contributed by atoms with E-state index in [-0.39, 0.29) is 12.5 Å². The van der Waals surface area contributed by atoms with Crippen LogP contribution in [0.15, 0.2) is 24.3 Å². The van der Waals surface area contributed by atoms with Crippen LogP contribution in [0.2, 0.25) is 0 Å². The molecule has 5 heteroatoms. The number of aromatic nitrogens is 2. The lowest BCUT2D eigenvalue weighted by molar-refractivity contribution is -0.116. The summed E-state index contributed by atoms with van der Waals surface area (Å²) in [4.78, 5) is 12.2. The average Bonchev–Trinajstić information content (AvgIpc) is 2.85. The van der Waals surface area contributed by atoms with Gasteiger partial charge in [-0.25, -0.2) is 0 Å². The second-order valence-corrected chi connectivity index (χ2v) is 5.08. The van der Waals surface area contributed by atoms with E-state index in [1.165, 1.54) is 0 Å². The summed E-state index contributed by atoms with van der Waals surface area (Å²) in [6, 6.07) is 7.63. The molecule has 0 saturated carbocycles. The van der Waals surface area contributed by atoms with Gasteiger partial charge >= 0.3 is 0 Å². The van der Waals surface area contributed by atoms with Crippen molar-refractivity contribution in [3.63, 3.8) is 0 Å². The van der Waals surface area contributed by atoms with Crippen molar-refractivity contribution in [3.8, 4) is 0 Å². The van der Waals surface area contributed by atoms with Gasteiger partial charge in [-0.2, -0.15) is 5.10 Å². The van der Waals surface area contributed by atoms with Gasteiger partial charge in [0.2, 0.25) is 5.91 Å². The van der Waals surface area contributed by atoms with Gasteiger partial charge in [0.15, 0.2) is 0 Å². The Balaban J connectivity index is 2.13. The number of nitrogens with two attached hydrogens (primary N) is 1. The Kier molecular flexibility index (Phi) is 4.62. The maximum atomic E-state index is 12.2. The van der Waals surface area contributed by atoms with Gasteiger partial charge in [0, 0.05) is 5.69 Å². The van der Waals surface area contributed by atoms with Crippen LogP contribution < -0.4 is 11.1 Å². The smallest absolute Gasteiger partial charge is 0.246 e. The predicted molar refractivity (Wildman–Crippen MR) is 85.2 cm³/mol. The van der Waals surface area contributed by atoms with Crippen molar-refractivity contribution in [2.24, 2.45) is 0 Å². The van der Waals surface area contributed by atoms with Gasteiger partial charge in [-0.3, -0.25) is 9.48 Å². The van der Waals surface area contributed by atoms with Gasteiger partial charge < -0.3 is 11.1 Å². The van der Waals surface area contributed by atoms with Gasteiger partial charge in [0.05, 0.1) is 17.1 Å². The highest BCUT2D eigenvalue weighted by molar-refractivity contribution is 5.94. The number of hydrogen-bond donors (Lipinski definition) is 2. The zero-order chi connectivity index (χ0) is 15.4. The third-order valence-corrected chi connectivity index (χ3v) is 3.50. The first kappa shape index (κ1) is 15.1. The molecule has 1 aromatic heterocycles. The van der Waals surface area contributed by atoms with Crippen LogP contribution in [0.4, 0.5) is 11.4 Å².